The van der Waals surface area contributed by atoms with Gasteiger partial charge >= 0.3 is 0 Å². The number of thiazole rings is 2. The number of nitrogens with zero attached hydrogens (tertiary/aromatic N) is 2. The van der Waals surface area contributed by atoms with Crippen LogP contribution in [0.1, 0.15) is 10.5 Å². The molecule has 4 nitrogen and oxygen atoms in total. The average molecular weight is 322 g/mol. The Morgan fingerprint density at radius 2 is 2.10 bits per heavy atom. The number of halogens is 1. The van der Waals surface area contributed by atoms with Crippen LogP contribution in [0.5, 0.6) is 0 Å². The summed E-state index contributed by atoms with van der Waals surface area (Å²) in [5.74, 6) is -0.258. The lowest BCUT2D eigenvalue weighted by atomic mass is 10.2. The van der Waals surface area contributed by atoms with Crippen molar-refractivity contribution >= 4 is 45.3 Å². The molecule has 1 N–H and O–H groups in total. The molecule has 0 spiro atoms. The number of hydrogen-bond donors (Lipinski definition) is 1. The lowest BCUT2D eigenvalue weighted by Crippen LogP contribution is -2.11. The number of carbonyl (C=O) groups is 1. The molecule has 0 radical (unpaired) electrons. The van der Waals surface area contributed by atoms with Crippen molar-refractivity contribution < 1.29 is 4.79 Å². The molecule has 20 heavy (non-hydrogen) atoms. The monoisotopic (exact) mass is 321 g/mol. The van der Waals surface area contributed by atoms with Gasteiger partial charge in [-0.2, -0.15) is 0 Å². The fraction of sp³-hybridized carbons (Fsp3) is 0. The van der Waals surface area contributed by atoms with Gasteiger partial charge in [0.05, 0.1) is 11.2 Å². The van der Waals surface area contributed by atoms with Gasteiger partial charge in [-0.15, -0.1) is 22.7 Å². The number of hydrogen-bond acceptors (Lipinski definition) is 5. The minimum Gasteiger partial charge on any atom is -0.296 e. The van der Waals surface area contributed by atoms with E-state index in [9.17, 15) is 4.79 Å². The van der Waals surface area contributed by atoms with E-state index < -0.39 is 0 Å². The maximum atomic E-state index is 11.9. The second-order valence-corrected chi connectivity index (χ2v) is 5.83. The Labute approximate surface area is 128 Å². The Morgan fingerprint density at radius 1 is 1.25 bits per heavy atom. The zero-order chi connectivity index (χ0) is 13.9. The number of aromatic nitrogens is 2. The van der Waals surface area contributed by atoms with Crippen LogP contribution in [0.15, 0.2) is 40.5 Å². The first-order valence-electron chi connectivity index (χ1n) is 5.64. The van der Waals surface area contributed by atoms with E-state index in [1.54, 1.807) is 10.9 Å². The molecule has 0 aliphatic heterocycles. The molecule has 0 bridgehead atoms. The third-order valence-electron chi connectivity index (χ3n) is 2.54. The SMILES string of the molecule is O=C(Nc1nc(-c2ccccc2Cl)cs1)c1cscn1. The first kappa shape index (κ1) is 13.2. The van der Waals surface area contributed by atoms with E-state index in [0.717, 1.165) is 11.3 Å². The highest BCUT2D eigenvalue weighted by atomic mass is 35.5. The van der Waals surface area contributed by atoms with Crippen LogP contribution >= 0.6 is 34.3 Å². The van der Waals surface area contributed by atoms with E-state index in [-0.39, 0.29) is 5.91 Å². The Hall–Kier alpha value is -1.76. The fourth-order valence-corrected chi connectivity index (χ4v) is 3.08. The van der Waals surface area contributed by atoms with Gasteiger partial charge in [0.2, 0.25) is 0 Å². The van der Waals surface area contributed by atoms with E-state index in [0.29, 0.717) is 15.8 Å². The van der Waals surface area contributed by atoms with Crippen LogP contribution in [0.2, 0.25) is 5.02 Å². The Morgan fingerprint density at radius 3 is 2.85 bits per heavy atom. The quantitative estimate of drug-likeness (QED) is 0.787. The van der Waals surface area contributed by atoms with Crippen molar-refractivity contribution in [2.24, 2.45) is 0 Å². The number of carbonyl (C=O) groups excluding carboxylic acids is 1. The van der Waals surface area contributed by atoms with Crippen LogP contribution in [-0.2, 0) is 0 Å². The van der Waals surface area contributed by atoms with E-state index in [1.165, 1.54) is 22.7 Å². The molecular weight excluding hydrogens is 314 g/mol. The molecule has 0 saturated heterocycles. The molecule has 2 heterocycles. The fourth-order valence-electron chi connectivity index (χ4n) is 1.61. The molecule has 0 aliphatic rings. The van der Waals surface area contributed by atoms with Crippen molar-refractivity contribution in [2.75, 3.05) is 5.32 Å². The molecule has 1 amide bonds. The first-order valence-corrected chi connectivity index (χ1v) is 7.84. The van der Waals surface area contributed by atoms with Crippen molar-refractivity contribution in [3.05, 3.63) is 51.3 Å². The summed E-state index contributed by atoms with van der Waals surface area (Å²) < 4.78 is 0. The summed E-state index contributed by atoms with van der Waals surface area (Å²) in [7, 11) is 0. The number of anilines is 1. The predicted molar refractivity (Wildman–Crippen MR) is 82.6 cm³/mol. The van der Waals surface area contributed by atoms with Crippen molar-refractivity contribution in [1.82, 2.24) is 9.97 Å². The zero-order valence-electron chi connectivity index (χ0n) is 10.0. The maximum absolute atomic E-state index is 11.9. The number of benzene rings is 1. The van der Waals surface area contributed by atoms with Gasteiger partial charge in [-0.1, -0.05) is 29.8 Å². The predicted octanol–water partition coefficient (Wildman–Crippen LogP) is 4.17. The van der Waals surface area contributed by atoms with Crippen LogP contribution in [0.4, 0.5) is 5.13 Å². The lowest BCUT2D eigenvalue weighted by Gasteiger charge is -1.99. The van der Waals surface area contributed by atoms with Crippen molar-refractivity contribution in [3.63, 3.8) is 0 Å². The second kappa shape index (κ2) is 5.70. The molecule has 0 saturated carbocycles. The van der Waals surface area contributed by atoms with Crippen molar-refractivity contribution in [3.8, 4) is 11.3 Å². The van der Waals surface area contributed by atoms with Gasteiger partial charge in [-0.3, -0.25) is 10.1 Å². The highest BCUT2D eigenvalue weighted by molar-refractivity contribution is 7.14. The summed E-state index contributed by atoms with van der Waals surface area (Å²) in [5, 5.41) is 7.44. The van der Waals surface area contributed by atoms with Crippen molar-refractivity contribution in [2.45, 2.75) is 0 Å². The summed E-state index contributed by atoms with van der Waals surface area (Å²) in [6.45, 7) is 0. The van der Waals surface area contributed by atoms with Crippen LogP contribution in [0.3, 0.4) is 0 Å². The van der Waals surface area contributed by atoms with E-state index in [2.05, 4.69) is 15.3 Å². The molecule has 3 rings (SSSR count). The summed E-state index contributed by atoms with van der Waals surface area (Å²) >= 11 is 8.85. The summed E-state index contributed by atoms with van der Waals surface area (Å²) in [6.07, 6.45) is 0. The smallest absolute Gasteiger partial charge is 0.276 e. The van der Waals surface area contributed by atoms with Gasteiger partial charge in [0.1, 0.15) is 5.69 Å². The highest BCUT2D eigenvalue weighted by Crippen LogP contribution is 2.30. The highest BCUT2D eigenvalue weighted by Gasteiger charge is 2.12. The summed E-state index contributed by atoms with van der Waals surface area (Å²) in [6, 6.07) is 7.46. The van der Waals surface area contributed by atoms with E-state index >= 15 is 0 Å². The summed E-state index contributed by atoms with van der Waals surface area (Å²) in [5.41, 5.74) is 3.60. The lowest BCUT2D eigenvalue weighted by molar-refractivity contribution is 0.102. The summed E-state index contributed by atoms with van der Waals surface area (Å²) in [4.78, 5) is 20.2. The molecule has 100 valence electrons. The molecule has 0 atom stereocenters. The van der Waals surface area contributed by atoms with Crippen LogP contribution in [0.25, 0.3) is 11.3 Å². The second-order valence-electron chi connectivity index (χ2n) is 3.85. The third-order valence-corrected chi connectivity index (χ3v) is 4.21. The average Bonchev–Trinajstić information content (AvgIpc) is 3.10. The molecule has 7 heteroatoms. The third kappa shape index (κ3) is 2.72. The number of rotatable bonds is 3. The maximum Gasteiger partial charge on any atom is 0.276 e. The van der Waals surface area contributed by atoms with Gasteiger partial charge in [0, 0.05) is 21.3 Å². The molecular formula is C13H8ClN3OS2. The van der Waals surface area contributed by atoms with Crippen LogP contribution in [0, 0.1) is 0 Å². The standard InChI is InChI=1S/C13H8ClN3OS2/c14-9-4-2-1-3-8(9)10-6-20-13(16-10)17-12(18)11-5-19-7-15-11/h1-7H,(H,16,17,18). The molecule has 0 aliphatic carbocycles. The molecule has 0 fully saturated rings. The van der Waals surface area contributed by atoms with Crippen molar-refractivity contribution in [1.29, 1.82) is 0 Å². The van der Waals surface area contributed by atoms with Gasteiger partial charge in [0.15, 0.2) is 5.13 Å². The van der Waals surface area contributed by atoms with Gasteiger partial charge in [-0.25, -0.2) is 9.97 Å². The van der Waals surface area contributed by atoms with Gasteiger partial charge in [0.25, 0.3) is 5.91 Å². The Bertz CT molecular complexity index is 740. The van der Waals surface area contributed by atoms with Gasteiger partial charge in [-0.05, 0) is 6.07 Å². The topological polar surface area (TPSA) is 54.9 Å². The molecule has 2 aromatic heterocycles. The first-order chi connectivity index (χ1) is 9.74. The van der Waals surface area contributed by atoms with E-state index in [1.807, 2.05) is 29.6 Å². The van der Waals surface area contributed by atoms with Crippen LogP contribution < -0.4 is 5.32 Å². The molecule has 1 aromatic carbocycles. The largest absolute Gasteiger partial charge is 0.296 e. The number of amides is 1. The zero-order valence-corrected chi connectivity index (χ0v) is 12.4. The number of nitrogens with one attached hydrogen (secondary N) is 1. The normalized spacial score (nSPS) is 10.4. The Balaban J connectivity index is 1.81. The Kier molecular flexibility index (Phi) is 3.77. The van der Waals surface area contributed by atoms with Gasteiger partial charge < -0.3 is 0 Å². The minimum absolute atomic E-state index is 0.258. The van der Waals surface area contributed by atoms with Crippen LogP contribution in [-0.4, -0.2) is 15.9 Å². The molecule has 3 aromatic rings. The molecule has 0 unspecified atom stereocenters. The minimum atomic E-state index is -0.258. The van der Waals surface area contributed by atoms with E-state index in [4.69, 9.17) is 11.6 Å².